The average Bonchev–Trinajstić information content (AvgIpc) is 2.95. The Morgan fingerprint density at radius 1 is 1.00 bits per heavy atom. The lowest BCUT2D eigenvalue weighted by molar-refractivity contribution is -0.139. The smallest absolute Gasteiger partial charge is 0.264 e. The fourth-order valence-electron chi connectivity index (χ4n) is 4.02. The maximum Gasteiger partial charge on any atom is 0.264 e. The molecule has 11 heteroatoms. The lowest BCUT2D eigenvalue weighted by Gasteiger charge is -2.32. The number of carbonyl (C=O) groups excluding carboxylic acids is 2. The number of nitrogens with zero attached hydrogens (tertiary/aromatic N) is 2. The van der Waals surface area contributed by atoms with Gasteiger partial charge in [-0.15, -0.1) is 0 Å². The van der Waals surface area contributed by atoms with Gasteiger partial charge < -0.3 is 15.0 Å². The molecule has 3 rings (SSSR count). The van der Waals surface area contributed by atoms with Gasteiger partial charge in [0.1, 0.15) is 24.2 Å². The van der Waals surface area contributed by atoms with Crippen LogP contribution in [0.3, 0.4) is 0 Å². The quantitative estimate of drug-likeness (QED) is 0.282. The van der Waals surface area contributed by atoms with Gasteiger partial charge in [-0.3, -0.25) is 13.9 Å². The van der Waals surface area contributed by atoms with E-state index in [2.05, 4.69) is 5.32 Å². The fraction of sp³-hybridized carbons (Fsp3) is 0.333. The molecule has 0 fully saturated rings. The number of halogens is 2. The molecule has 1 N–H and O–H groups in total. The van der Waals surface area contributed by atoms with E-state index in [9.17, 15) is 22.4 Å². The topological polar surface area (TPSA) is 96.0 Å². The van der Waals surface area contributed by atoms with Gasteiger partial charge in [0, 0.05) is 17.6 Å². The van der Waals surface area contributed by atoms with Crippen LogP contribution < -0.4 is 14.4 Å². The predicted octanol–water partition coefficient (Wildman–Crippen LogP) is 5.41. The van der Waals surface area contributed by atoms with Crippen molar-refractivity contribution in [2.45, 2.75) is 57.6 Å². The summed E-state index contributed by atoms with van der Waals surface area (Å²) >= 11 is 6.16. The molecule has 3 aromatic rings. The molecule has 0 spiro atoms. The fourth-order valence-corrected chi connectivity index (χ4v) is 5.65. The van der Waals surface area contributed by atoms with Crippen LogP contribution in [-0.4, -0.2) is 50.4 Å². The number of hydrogen-bond acceptors (Lipinski definition) is 5. The lowest BCUT2D eigenvalue weighted by atomic mass is 10.1. The van der Waals surface area contributed by atoms with Crippen molar-refractivity contribution in [3.8, 4) is 5.75 Å². The van der Waals surface area contributed by atoms with Crippen LogP contribution >= 0.6 is 11.6 Å². The normalized spacial score (nSPS) is 12.7. The summed E-state index contributed by atoms with van der Waals surface area (Å²) in [7, 11) is -4.29. The number of ether oxygens (including phenoxy) is 1. The molecule has 0 saturated heterocycles. The van der Waals surface area contributed by atoms with Crippen molar-refractivity contribution in [2.24, 2.45) is 0 Å². The Labute approximate surface area is 246 Å². The summed E-state index contributed by atoms with van der Waals surface area (Å²) < 4.78 is 47.8. The Morgan fingerprint density at radius 2 is 1.66 bits per heavy atom. The zero-order valence-electron chi connectivity index (χ0n) is 23.5. The highest BCUT2D eigenvalue weighted by Gasteiger charge is 2.33. The third-order valence-corrected chi connectivity index (χ3v) is 8.55. The first-order chi connectivity index (χ1) is 19.5. The molecule has 0 bridgehead atoms. The molecule has 0 radical (unpaired) electrons. The summed E-state index contributed by atoms with van der Waals surface area (Å²) in [4.78, 5) is 28.2. The first-order valence-corrected chi connectivity index (χ1v) is 15.1. The van der Waals surface area contributed by atoms with Gasteiger partial charge in [-0.1, -0.05) is 30.7 Å². The number of hydrogen-bond donors (Lipinski definition) is 1. The molecular formula is C30H35ClFN3O5S. The van der Waals surface area contributed by atoms with Gasteiger partial charge in [0.15, 0.2) is 0 Å². The van der Waals surface area contributed by atoms with E-state index >= 15 is 0 Å². The molecule has 0 aliphatic carbocycles. The van der Waals surface area contributed by atoms with Crippen LogP contribution in [0.2, 0.25) is 5.02 Å². The maximum atomic E-state index is 13.9. The van der Waals surface area contributed by atoms with E-state index in [1.54, 1.807) is 31.2 Å². The standard InChI is InChI=1S/C30H35ClFN3O5S/c1-5-21(3)33-30(37)22(4)34(19-23-8-7-9-24(31)18-23)29(36)20-35(26-12-10-25(32)11-13-26)41(38,39)28-16-14-27(15-17-28)40-6-2/h7-18,21-22H,5-6,19-20H2,1-4H3,(H,33,37). The molecule has 2 amide bonds. The Morgan fingerprint density at radius 3 is 2.24 bits per heavy atom. The second-order valence-electron chi connectivity index (χ2n) is 9.54. The molecule has 8 nitrogen and oxygen atoms in total. The highest BCUT2D eigenvalue weighted by atomic mass is 35.5. The average molecular weight is 604 g/mol. The van der Waals surface area contributed by atoms with Gasteiger partial charge in [-0.05, 0) is 93.4 Å². The minimum atomic E-state index is -4.29. The van der Waals surface area contributed by atoms with Crippen molar-refractivity contribution in [2.75, 3.05) is 17.5 Å². The van der Waals surface area contributed by atoms with Crippen LogP contribution in [0.5, 0.6) is 5.75 Å². The third-order valence-electron chi connectivity index (χ3n) is 6.53. The van der Waals surface area contributed by atoms with Crippen LogP contribution in [0.15, 0.2) is 77.7 Å². The molecule has 0 heterocycles. The highest BCUT2D eigenvalue weighted by molar-refractivity contribution is 7.92. The lowest BCUT2D eigenvalue weighted by Crippen LogP contribution is -2.52. The molecule has 0 saturated carbocycles. The van der Waals surface area contributed by atoms with Crippen LogP contribution in [0.25, 0.3) is 0 Å². The van der Waals surface area contributed by atoms with Crippen molar-refractivity contribution < 1.29 is 27.1 Å². The molecular weight excluding hydrogens is 569 g/mol. The molecule has 0 aliphatic heterocycles. The van der Waals surface area contributed by atoms with Crippen molar-refractivity contribution in [1.29, 1.82) is 0 Å². The number of rotatable bonds is 13. The van der Waals surface area contributed by atoms with Crippen LogP contribution in [0.1, 0.15) is 39.7 Å². The third kappa shape index (κ3) is 8.43. The minimum Gasteiger partial charge on any atom is -0.494 e. The van der Waals surface area contributed by atoms with Crippen LogP contribution in [-0.2, 0) is 26.2 Å². The number of carbonyl (C=O) groups is 2. The number of benzene rings is 3. The molecule has 3 aromatic carbocycles. The molecule has 2 unspecified atom stereocenters. The van der Waals surface area contributed by atoms with Gasteiger partial charge in [0.25, 0.3) is 10.0 Å². The van der Waals surface area contributed by atoms with Crippen LogP contribution in [0.4, 0.5) is 10.1 Å². The Hall–Kier alpha value is -3.63. The molecule has 0 aliphatic rings. The van der Waals surface area contributed by atoms with Crippen molar-refractivity contribution >= 4 is 39.1 Å². The monoisotopic (exact) mass is 603 g/mol. The zero-order chi connectivity index (χ0) is 30.2. The summed E-state index contributed by atoms with van der Waals surface area (Å²) in [5.41, 5.74) is 0.754. The zero-order valence-corrected chi connectivity index (χ0v) is 25.1. The van der Waals surface area contributed by atoms with E-state index in [4.69, 9.17) is 16.3 Å². The number of anilines is 1. The first kappa shape index (κ1) is 31.9. The Balaban J connectivity index is 2.01. The van der Waals surface area contributed by atoms with Crippen molar-refractivity contribution in [3.05, 3.63) is 89.2 Å². The van der Waals surface area contributed by atoms with Gasteiger partial charge in [-0.25, -0.2) is 12.8 Å². The number of nitrogens with one attached hydrogen (secondary N) is 1. The van der Waals surface area contributed by atoms with E-state index in [1.165, 1.54) is 41.3 Å². The van der Waals surface area contributed by atoms with E-state index in [1.807, 2.05) is 20.8 Å². The molecule has 41 heavy (non-hydrogen) atoms. The van der Waals surface area contributed by atoms with Crippen LogP contribution in [0, 0.1) is 5.82 Å². The largest absolute Gasteiger partial charge is 0.494 e. The van der Waals surface area contributed by atoms with Gasteiger partial charge >= 0.3 is 0 Å². The van der Waals surface area contributed by atoms with Crippen molar-refractivity contribution in [1.82, 2.24) is 10.2 Å². The van der Waals surface area contributed by atoms with Gasteiger partial charge in [-0.2, -0.15) is 0 Å². The highest BCUT2D eigenvalue weighted by Crippen LogP contribution is 2.26. The Kier molecular flexibility index (Phi) is 11.1. The molecule has 0 aromatic heterocycles. The van der Waals surface area contributed by atoms with Crippen molar-refractivity contribution in [3.63, 3.8) is 0 Å². The SMILES string of the molecule is CCOc1ccc(S(=O)(=O)N(CC(=O)N(Cc2cccc(Cl)c2)C(C)C(=O)NC(C)CC)c2ccc(F)cc2)cc1. The van der Waals surface area contributed by atoms with E-state index < -0.39 is 34.3 Å². The van der Waals surface area contributed by atoms with Gasteiger partial charge in [0.05, 0.1) is 17.2 Å². The summed E-state index contributed by atoms with van der Waals surface area (Å²) in [6, 6.07) is 16.4. The molecule has 220 valence electrons. The Bertz CT molecular complexity index is 1440. The first-order valence-electron chi connectivity index (χ1n) is 13.3. The summed E-state index contributed by atoms with van der Waals surface area (Å²) in [6.45, 7) is 6.96. The summed E-state index contributed by atoms with van der Waals surface area (Å²) in [5.74, 6) is -1.07. The summed E-state index contributed by atoms with van der Waals surface area (Å²) in [5, 5.41) is 3.34. The minimum absolute atomic E-state index is 0.00877. The van der Waals surface area contributed by atoms with Gasteiger partial charge in [0.2, 0.25) is 11.8 Å². The maximum absolute atomic E-state index is 13.9. The predicted molar refractivity (Wildman–Crippen MR) is 158 cm³/mol. The van der Waals surface area contributed by atoms with E-state index in [0.717, 1.165) is 16.4 Å². The second kappa shape index (κ2) is 14.3. The number of sulfonamides is 1. The van der Waals surface area contributed by atoms with E-state index in [0.29, 0.717) is 29.4 Å². The molecule has 2 atom stereocenters. The second-order valence-corrected chi connectivity index (χ2v) is 11.8. The summed E-state index contributed by atoms with van der Waals surface area (Å²) in [6.07, 6.45) is 0.694. The van der Waals surface area contributed by atoms with E-state index in [-0.39, 0.29) is 29.1 Å². The number of amides is 2.